The smallest absolute Gasteiger partial charge is 0.267 e. The Hall–Kier alpha value is 0.0200. The van der Waals surface area contributed by atoms with Crippen LogP contribution in [0.15, 0.2) is 0 Å². The van der Waals surface area contributed by atoms with Crippen molar-refractivity contribution in [1.82, 2.24) is 0 Å². The van der Waals surface area contributed by atoms with E-state index in [1.807, 2.05) is 0 Å². The molecule has 0 saturated heterocycles. The average molecular weight is 201 g/mol. The molecule has 0 rings (SSSR count). The van der Waals surface area contributed by atoms with Crippen molar-refractivity contribution in [1.29, 1.82) is 0 Å². The lowest BCUT2D eigenvalue weighted by Gasteiger charge is -2.08. The minimum absolute atomic E-state index is 0.0745. The van der Waals surface area contributed by atoms with Crippen LogP contribution in [0.2, 0.25) is 0 Å². The Morgan fingerprint density at radius 2 is 2.09 bits per heavy atom. The summed E-state index contributed by atoms with van der Waals surface area (Å²) in [5.74, 6) is -0.249. The third-order valence-electron chi connectivity index (χ3n) is 1.20. The molecule has 0 saturated carbocycles. The molecule has 0 radical (unpaired) electrons. The third kappa shape index (κ3) is 5.31. The maximum atomic E-state index is 10.3. The van der Waals surface area contributed by atoms with Gasteiger partial charge < -0.3 is 4.55 Å². The Balaban J connectivity index is 3.90. The lowest BCUT2D eigenvalue weighted by atomic mass is 10.4. The molecule has 0 bridgehead atoms. The van der Waals surface area contributed by atoms with E-state index < -0.39 is 26.4 Å². The first-order valence-electron chi connectivity index (χ1n) is 2.86. The predicted molar refractivity (Wildman–Crippen MR) is 39.4 cm³/mol. The quantitative estimate of drug-likeness (QED) is 0.490. The van der Waals surface area contributed by atoms with Crippen LogP contribution in [-0.4, -0.2) is 32.7 Å². The minimum Gasteiger partial charge on any atom is -0.772 e. The number of hydrogen-bond donors (Lipinski definition) is 1. The predicted octanol–water partition coefficient (Wildman–Crippen LogP) is -0.468. The fourth-order valence-corrected chi connectivity index (χ4v) is 1.52. The van der Waals surface area contributed by atoms with Crippen molar-refractivity contribution in [3.05, 3.63) is 0 Å². The lowest BCUT2D eigenvalue weighted by molar-refractivity contribution is 0.468. The van der Waals surface area contributed by atoms with Crippen molar-refractivity contribution in [2.45, 2.75) is 18.6 Å². The second kappa shape index (κ2) is 4.15. The molecule has 0 aromatic heterocycles. The van der Waals surface area contributed by atoms with Crippen LogP contribution in [0.4, 0.5) is 0 Å². The van der Waals surface area contributed by atoms with Crippen molar-refractivity contribution in [2.24, 2.45) is 0 Å². The molecule has 68 valence electrons. The van der Waals surface area contributed by atoms with E-state index >= 15 is 0 Å². The summed E-state index contributed by atoms with van der Waals surface area (Å²) in [7, 11) is -4.07. The van der Waals surface area contributed by atoms with Gasteiger partial charge in [0.1, 0.15) is 0 Å². The first-order chi connectivity index (χ1) is 4.84. The van der Waals surface area contributed by atoms with Crippen molar-refractivity contribution in [3.63, 3.8) is 0 Å². The molecule has 2 unspecified atom stereocenters. The van der Waals surface area contributed by atoms with Crippen LogP contribution in [0, 0.1) is 0 Å². The van der Waals surface area contributed by atoms with Crippen molar-refractivity contribution < 1.29 is 21.7 Å². The molecule has 5 nitrogen and oxygen atoms in total. The molecule has 0 aromatic carbocycles. The van der Waals surface area contributed by atoms with Gasteiger partial charge in [0.05, 0.1) is 5.25 Å². The summed E-state index contributed by atoms with van der Waals surface area (Å²) in [6, 6.07) is 0. The highest BCUT2D eigenvalue weighted by Crippen LogP contribution is 2.02. The van der Waals surface area contributed by atoms with Gasteiger partial charge in [0, 0.05) is 5.75 Å². The molecule has 0 aromatic rings. The van der Waals surface area contributed by atoms with Gasteiger partial charge in [0.15, 0.2) is 0 Å². The molecule has 0 fully saturated rings. The average Bonchev–Trinajstić information content (AvgIpc) is 1.80. The second-order valence-corrected chi connectivity index (χ2v) is 4.97. The third-order valence-corrected chi connectivity index (χ3v) is 3.02. The first-order valence-corrected chi connectivity index (χ1v) is 5.61. The molecule has 1 N–H and O–H groups in total. The van der Waals surface area contributed by atoms with Gasteiger partial charge in [-0.3, -0.25) is 8.76 Å². The first kappa shape index (κ1) is 11.0. The molecule has 11 heavy (non-hydrogen) atoms. The van der Waals surface area contributed by atoms with Crippen LogP contribution in [0.3, 0.4) is 0 Å². The Kier molecular flexibility index (Phi) is 4.16. The van der Waals surface area contributed by atoms with Crippen molar-refractivity contribution in [2.75, 3.05) is 5.75 Å². The van der Waals surface area contributed by atoms with E-state index in [1.165, 1.54) is 6.92 Å². The van der Waals surface area contributed by atoms with Gasteiger partial charge in [-0.1, -0.05) is 11.1 Å². The molecule has 7 heteroatoms. The maximum Gasteiger partial charge on any atom is 0.267 e. The number of rotatable bonds is 4. The van der Waals surface area contributed by atoms with Crippen LogP contribution in [0.5, 0.6) is 0 Å². The van der Waals surface area contributed by atoms with Crippen molar-refractivity contribution in [3.8, 4) is 0 Å². The van der Waals surface area contributed by atoms with Gasteiger partial charge in [-0.2, -0.15) is 8.42 Å². The van der Waals surface area contributed by atoms with Gasteiger partial charge in [-0.25, -0.2) is 0 Å². The summed E-state index contributed by atoms with van der Waals surface area (Å²) in [5.41, 5.74) is 0. The van der Waals surface area contributed by atoms with E-state index in [9.17, 15) is 17.2 Å². The fraction of sp³-hybridized carbons (Fsp3) is 1.00. The molecule has 0 aliphatic heterocycles. The fourth-order valence-electron chi connectivity index (χ4n) is 0.411. The summed E-state index contributed by atoms with van der Waals surface area (Å²) in [4.78, 5) is 0. The van der Waals surface area contributed by atoms with Crippen molar-refractivity contribution >= 4 is 21.2 Å². The van der Waals surface area contributed by atoms with Crippen LogP contribution in [0.1, 0.15) is 13.3 Å². The van der Waals surface area contributed by atoms with E-state index in [2.05, 4.69) is 0 Å². The molecule has 0 aliphatic rings. The zero-order chi connectivity index (χ0) is 9.07. The molecule has 2 atom stereocenters. The molecular formula is C4H9O5S2-. The topological polar surface area (TPSA) is 94.5 Å². The van der Waals surface area contributed by atoms with E-state index in [4.69, 9.17) is 4.55 Å². The Labute approximate surface area is 67.8 Å². The highest BCUT2D eigenvalue weighted by Gasteiger charge is 2.16. The molecule has 0 amide bonds. The highest BCUT2D eigenvalue weighted by molar-refractivity contribution is 7.86. The van der Waals surface area contributed by atoms with Gasteiger partial charge in [0.2, 0.25) is 0 Å². The molecule has 0 aliphatic carbocycles. The highest BCUT2D eigenvalue weighted by atomic mass is 32.2. The van der Waals surface area contributed by atoms with Gasteiger partial charge in [-0.05, 0) is 13.3 Å². The normalized spacial score (nSPS) is 17.7. The summed E-state index contributed by atoms with van der Waals surface area (Å²) < 4.78 is 48.9. The van der Waals surface area contributed by atoms with Crippen LogP contribution < -0.4 is 0 Å². The minimum atomic E-state index is -4.07. The monoisotopic (exact) mass is 201 g/mol. The van der Waals surface area contributed by atoms with E-state index in [1.54, 1.807) is 0 Å². The molecular weight excluding hydrogens is 192 g/mol. The summed E-state index contributed by atoms with van der Waals surface area (Å²) >= 11 is -2.25. The Morgan fingerprint density at radius 1 is 1.64 bits per heavy atom. The van der Waals surface area contributed by atoms with E-state index in [0.717, 1.165) is 0 Å². The zero-order valence-electron chi connectivity index (χ0n) is 5.89. The standard InChI is InChI=1S/C4H10O5S2/c1-4(11(7,8)9)2-3-10(5)6/h4H,2-3H2,1H3,(H,5,6)(H,7,8,9)/p-1. The summed E-state index contributed by atoms with van der Waals surface area (Å²) in [6.45, 7) is 1.25. The van der Waals surface area contributed by atoms with Gasteiger partial charge in [0.25, 0.3) is 10.1 Å². The molecule has 0 spiro atoms. The van der Waals surface area contributed by atoms with Gasteiger partial charge >= 0.3 is 0 Å². The number of hydrogen-bond acceptors (Lipinski definition) is 4. The zero-order valence-corrected chi connectivity index (χ0v) is 7.52. The molecule has 0 heterocycles. The summed E-state index contributed by atoms with van der Waals surface area (Å²) in [5, 5.41) is -1.01. The van der Waals surface area contributed by atoms with E-state index in [-0.39, 0.29) is 12.2 Å². The van der Waals surface area contributed by atoms with Crippen LogP contribution >= 0.6 is 0 Å². The maximum absolute atomic E-state index is 10.3. The van der Waals surface area contributed by atoms with Crippen LogP contribution in [-0.2, 0) is 21.2 Å². The lowest BCUT2D eigenvalue weighted by Crippen LogP contribution is -2.18. The second-order valence-electron chi connectivity index (χ2n) is 2.12. The van der Waals surface area contributed by atoms with Gasteiger partial charge in [-0.15, -0.1) is 0 Å². The SMILES string of the molecule is CC(CCS(=O)[O-])S(=O)(=O)O. The Bertz CT molecular complexity index is 231. The Morgan fingerprint density at radius 3 is 2.36 bits per heavy atom. The summed E-state index contributed by atoms with van der Waals surface area (Å²) in [6.07, 6.45) is -0.0745. The van der Waals surface area contributed by atoms with Crippen LogP contribution in [0.25, 0.3) is 0 Å². The largest absolute Gasteiger partial charge is 0.772 e. The van der Waals surface area contributed by atoms with E-state index in [0.29, 0.717) is 0 Å².